The Balaban J connectivity index is 1.45. The Morgan fingerprint density at radius 1 is 0.818 bits per heavy atom. The zero-order valence-corrected chi connectivity index (χ0v) is 23.4. The molecule has 0 radical (unpaired) electrons. The lowest BCUT2D eigenvalue weighted by Gasteiger charge is -2.16. The minimum Gasteiger partial charge on any atom is -0.493 e. The van der Waals surface area contributed by atoms with Crippen LogP contribution in [0.5, 0.6) is 11.6 Å². The van der Waals surface area contributed by atoms with Crippen LogP contribution >= 0.6 is 0 Å². The SMILES string of the molecule is O=C(O)Oc1c(CCCOc2cccc3ccccc23)c2cccc(-c3ccccc3C(F)(F)F)c2n1Cc1ccncc1. The van der Waals surface area contributed by atoms with E-state index in [1.54, 1.807) is 53.4 Å². The van der Waals surface area contributed by atoms with Gasteiger partial charge in [-0.1, -0.05) is 72.8 Å². The lowest BCUT2D eigenvalue weighted by atomic mass is 9.96. The van der Waals surface area contributed by atoms with Gasteiger partial charge in [-0.3, -0.25) is 4.98 Å². The molecule has 44 heavy (non-hydrogen) atoms. The van der Waals surface area contributed by atoms with Crippen LogP contribution in [0.15, 0.2) is 109 Å². The molecule has 0 aliphatic heterocycles. The number of nitrogens with zero attached hydrogens (tertiary/aromatic N) is 2. The fourth-order valence-corrected chi connectivity index (χ4v) is 5.66. The third kappa shape index (κ3) is 5.81. The average molecular weight is 597 g/mol. The molecule has 0 spiro atoms. The van der Waals surface area contributed by atoms with Gasteiger partial charge in [-0.25, -0.2) is 4.79 Å². The number of aryl methyl sites for hydroxylation is 1. The van der Waals surface area contributed by atoms with E-state index in [4.69, 9.17) is 9.47 Å². The normalized spacial score (nSPS) is 11.6. The van der Waals surface area contributed by atoms with E-state index in [1.165, 1.54) is 12.1 Å². The number of pyridine rings is 1. The summed E-state index contributed by atoms with van der Waals surface area (Å²) >= 11 is 0. The van der Waals surface area contributed by atoms with Crippen LogP contribution in [0.4, 0.5) is 18.0 Å². The molecular formula is C35H27F3N2O4. The van der Waals surface area contributed by atoms with Gasteiger partial charge in [0.05, 0.1) is 24.2 Å². The van der Waals surface area contributed by atoms with Gasteiger partial charge in [-0.15, -0.1) is 0 Å². The van der Waals surface area contributed by atoms with Crippen LogP contribution in [0.25, 0.3) is 32.8 Å². The molecule has 222 valence electrons. The molecule has 2 heterocycles. The topological polar surface area (TPSA) is 73.6 Å². The maximum absolute atomic E-state index is 14.2. The molecule has 6 aromatic rings. The predicted octanol–water partition coefficient (Wildman–Crippen LogP) is 8.99. The third-order valence-corrected chi connectivity index (χ3v) is 7.51. The zero-order chi connectivity index (χ0) is 30.7. The summed E-state index contributed by atoms with van der Waals surface area (Å²) in [7, 11) is 0. The molecular weight excluding hydrogens is 569 g/mol. The number of carbonyl (C=O) groups is 1. The Kier molecular flexibility index (Phi) is 7.93. The molecule has 2 aromatic heterocycles. The minimum atomic E-state index is -4.59. The summed E-state index contributed by atoms with van der Waals surface area (Å²) in [6, 6.07) is 27.7. The average Bonchev–Trinajstić information content (AvgIpc) is 3.30. The van der Waals surface area contributed by atoms with Crippen molar-refractivity contribution in [3.8, 4) is 22.8 Å². The monoisotopic (exact) mass is 596 g/mol. The van der Waals surface area contributed by atoms with Crippen LogP contribution < -0.4 is 9.47 Å². The lowest BCUT2D eigenvalue weighted by molar-refractivity contribution is -0.137. The van der Waals surface area contributed by atoms with E-state index in [2.05, 4.69) is 4.98 Å². The van der Waals surface area contributed by atoms with Gasteiger partial charge in [0.1, 0.15) is 5.75 Å². The van der Waals surface area contributed by atoms with Crippen molar-refractivity contribution in [2.24, 2.45) is 0 Å². The van der Waals surface area contributed by atoms with Gasteiger partial charge in [-0.2, -0.15) is 13.2 Å². The zero-order valence-electron chi connectivity index (χ0n) is 23.4. The highest BCUT2D eigenvalue weighted by Crippen LogP contribution is 2.43. The predicted molar refractivity (Wildman–Crippen MR) is 162 cm³/mol. The number of hydrogen-bond acceptors (Lipinski definition) is 4. The second kappa shape index (κ2) is 12.1. The van der Waals surface area contributed by atoms with Crippen molar-refractivity contribution in [2.45, 2.75) is 25.6 Å². The number of benzene rings is 4. The van der Waals surface area contributed by atoms with Crippen molar-refractivity contribution in [3.63, 3.8) is 0 Å². The third-order valence-electron chi connectivity index (χ3n) is 7.51. The van der Waals surface area contributed by atoms with Crippen molar-refractivity contribution in [2.75, 3.05) is 6.61 Å². The summed E-state index contributed by atoms with van der Waals surface area (Å²) in [5.74, 6) is 0.794. The summed E-state index contributed by atoms with van der Waals surface area (Å²) in [6.45, 7) is 0.480. The number of aromatic nitrogens is 2. The molecule has 4 aromatic carbocycles. The summed E-state index contributed by atoms with van der Waals surface area (Å²) in [5, 5.41) is 12.4. The second-order valence-electron chi connectivity index (χ2n) is 10.3. The second-order valence-corrected chi connectivity index (χ2v) is 10.3. The molecule has 1 N–H and O–H groups in total. The van der Waals surface area contributed by atoms with Crippen LogP contribution in [-0.4, -0.2) is 27.4 Å². The van der Waals surface area contributed by atoms with Gasteiger partial charge in [0, 0.05) is 34.3 Å². The van der Waals surface area contributed by atoms with E-state index >= 15 is 0 Å². The fourth-order valence-electron chi connectivity index (χ4n) is 5.66. The number of alkyl halides is 3. The quantitative estimate of drug-likeness (QED) is 0.133. The molecule has 0 saturated heterocycles. The molecule has 0 amide bonds. The van der Waals surface area contributed by atoms with Crippen molar-refractivity contribution in [1.29, 1.82) is 0 Å². The molecule has 0 fully saturated rings. The molecule has 0 atom stereocenters. The van der Waals surface area contributed by atoms with Crippen LogP contribution in [0.1, 0.15) is 23.1 Å². The van der Waals surface area contributed by atoms with Crippen LogP contribution in [0.2, 0.25) is 0 Å². The van der Waals surface area contributed by atoms with Gasteiger partial charge < -0.3 is 19.1 Å². The van der Waals surface area contributed by atoms with Crippen molar-refractivity contribution >= 4 is 27.8 Å². The highest BCUT2D eigenvalue weighted by molar-refractivity contribution is 5.99. The molecule has 0 aliphatic rings. The van der Waals surface area contributed by atoms with Crippen molar-refractivity contribution in [3.05, 3.63) is 126 Å². The Morgan fingerprint density at radius 3 is 2.30 bits per heavy atom. The number of halogens is 3. The van der Waals surface area contributed by atoms with E-state index in [1.807, 2.05) is 42.5 Å². The first-order chi connectivity index (χ1) is 21.3. The summed E-state index contributed by atoms with van der Waals surface area (Å²) in [4.78, 5) is 16.0. The molecule has 6 nitrogen and oxygen atoms in total. The number of hydrogen-bond donors (Lipinski definition) is 1. The highest BCUT2D eigenvalue weighted by atomic mass is 19.4. The highest BCUT2D eigenvalue weighted by Gasteiger charge is 2.34. The van der Waals surface area contributed by atoms with Crippen molar-refractivity contribution < 1.29 is 32.5 Å². The van der Waals surface area contributed by atoms with Gasteiger partial charge in [0.25, 0.3) is 0 Å². The van der Waals surface area contributed by atoms with Crippen molar-refractivity contribution in [1.82, 2.24) is 9.55 Å². The fraction of sp³-hybridized carbons (Fsp3) is 0.143. The van der Waals surface area contributed by atoms with Gasteiger partial charge in [0.15, 0.2) is 0 Å². The molecule has 9 heteroatoms. The molecule has 0 unspecified atom stereocenters. The maximum atomic E-state index is 14.2. The van der Waals surface area contributed by atoms with Crippen LogP contribution in [-0.2, 0) is 19.1 Å². The first-order valence-corrected chi connectivity index (χ1v) is 14.0. The first-order valence-electron chi connectivity index (χ1n) is 14.0. The van der Waals surface area contributed by atoms with Crippen LogP contribution in [0, 0.1) is 0 Å². The molecule has 6 rings (SSSR count). The van der Waals surface area contributed by atoms with E-state index < -0.39 is 17.9 Å². The minimum absolute atomic E-state index is 0.00760. The van der Waals surface area contributed by atoms with Crippen LogP contribution in [0.3, 0.4) is 0 Å². The smallest absolute Gasteiger partial charge is 0.493 e. The van der Waals surface area contributed by atoms with E-state index in [0.29, 0.717) is 41.5 Å². The van der Waals surface area contributed by atoms with E-state index in [9.17, 15) is 23.1 Å². The standard InChI is InChI=1S/C35H27F3N2O4/c36-35(37,38)30-15-4-3-11-26(30)27-12-6-13-28-29(14-7-21-43-31-16-5-9-24-8-1-2-10-25(24)31)33(44-34(41)42)40(32(27)28)22-23-17-19-39-20-18-23/h1-6,8-13,15-20H,7,14,21-22H2,(H,41,42). The summed E-state index contributed by atoms with van der Waals surface area (Å²) < 4.78 is 55.6. The van der Waals surface area contributed by atoms with Gasteiger partial charge >= 0.3 is 12.3 Å². The number of rotatable bonds is 9. The maximum Gasteiger partial charge on any atom is 0.512 e. The van der Waals surface area contributed by atoms with E-state index in [0.717, 1.165) is 28.2 Å². The molecule has 0 saturated carbocycles. The van der Waals surface area contributed by atoms with Gasteiger partial charge in [0.2, 0.25) is 5.88 Å². The summed E-state index contributed by atoms with van der Waals surface area (Å²) in [5.41, 5.74) is 1.32. The largest absolute Gasteiger partial charge is 0.512 e. The Bertz CT molecular complexity index is 1950. The number of para-hydroxylation sites is 1. The molecule has 0 aliphatic carbocycles. The number of ether oxygens (including phenoxy) is 2. The lowest BCUT2D eigenvalue weighted by Crippen LogP contribution is -2.11. The molecule has 0 bridgehead atoms. The Morgan fingerprint density at radius 2 is 1.50 bits per heavy atom. The number of carboxylic acid groups (broad SMARTS) is 1. The summed E-state index contributed by atoms with van der Waals surface area (Å²) in [6.07, 6.45) is -2.05. The van der Waals surface area contributed by atoms with Gasteiger partial charge in [-0.05, 0) is 53.6 Å². The Labute approximate surface area is 250 Å². The Hall–Kier alpha value is -5.31. The van der Waals surface area contributed by atoms with E-state index in [-0.39, 0.29) is 18.0 Å². The number of fused-ring (bicyclic) bond motifs is 2. The first kappa shape index (κ1) is 28.8.